The maximum absolute atomic E-state index is 4.92. The van der Waals surface area contributed by atoms with Crippen LogP contribution in [0, 0.1) is 0 Å². The summed E-state index contributed by atoms with van der Waals surface area (Å²) in [5.41, 5.74) is 4.15. The van der Waals surface area contributed by atoms with Gasteiger partial charge in [0.05, 0.1) is 7.11 Å². The second-order valence-electron chi connectivity index (χ2n) is 4.26. The highest BCUT2D eigenvalue weighted by molar-refractivity contribution is 5.04. The van der Waals surface area contributed by atoms with E-state index in [0.29, 0.717) is 0 Å². The molecule has 2 aliphatic rings. The Morgan fingerprint density at radius 2 is 2.27 bits per heavy atom. The summed E-state index contributed by atoms with van der Waals surface area (Å²) in [5.74, 6) is 0. The number of hydrogen-bond acceptors (Lipinski definition) is 4. The Hall–Kier alpha value is -0.580. The molecule has 1 fully saturated rings. The zero-order valence-corrected chi connectivity index (χ0v) is 9.46. The van der Waals surface area contributed by atoms with Crippen LogP contribution >= 0.6 is 0 Å². The smallest absolute Gasteiger partial charge is 0.0636 e. The minimum Gasteiger partial charge on any atom is -0.317 e. The Bertz CT molecular complexity index is 224. The molecular formula is C11H21N3O. The molecule has 2 heterocycles. The van der Waals surface area contributed by atoms with Gasteiger partial charge in [0.25, 0.3) is 0 Å². The molecule has 86 valence electrons. The lowest BCUT2D eigenvalue weighted by molar-refractivity contribution is 0.103. The van der Waals surface area contributed by atoms with Gasteiger partial charge in [-0.05, 0) is 32.0 Å². The number of nitrogens with one attached hydrogen (secondary N) is 2. The van der Waals surface area contributed by atoms with E-state index in [4.69, 9.17) is 4.84 Å². The molecule has 0 saturated carbocycles. The summed E-state index contributed by atoms with van der Waals surface area (Å²) < 4.78 is 0. The third-order valence-electron chi connectivity index (χ3n) is 3.30. The second kappa shape index (κ2) is 5.49. The van der Waals surface area contributed by atoms with Crippen molar-refractivity contribution in [2.24, 2.45) is 0 Å². The van der Waals surface area contributed by atoms with Crippen LogP contribution in [0.25, 0.3) is 0 Å². The van der Waals surface area contributed by atoms with Gasteiger partial charge in [-0.3, -0.25) is 15.2 Å². The fraction of sp³-hybridized carbons (Fsp3) is 0.818. The van der Waals surface area contributed by atoms with Crippen LogP contribution < -0.4 is 10.8 Å². The standard InChI is InChI=1S/C11H21N3O/c1-15-13-10-4-8-14(9-5-10)11-2-6-12-7-3-11/h4,11-13H,2-3,5-9H2,1H3. The van der Waals surface area contributed by atoms with E-state index in [1.165, 1.54) is 31.6 Å². The number of nitrogens with zero attached hydrogens (tertiary/aromatic N) is 1. The number of hydrogen-bond donors (Lipinski definition) is 2. The fourth-order valence-corrected chi connectivity index (χ4v) is 2.41. The molecule has 0 atom stereocenters. The van der Waals surface area contributed by atoms with Gasteiger partial charge < -0.3 is 5.32 Å². The van der Waals surface area contributed by atoms with Gasteiger partial charge in [0, 0.05) is 31.2 Å². The average molecular weight is 211 g/mol. The molecule has 2 rings (SSSR count). The highest BCUT2D eigenvalue weighted by Gasteiger charge is 2.22. The zero-order valence-electron chi connectivity index (χ0n) is 9.46. The predicted molar refractivity (Wildman–Crippen MR) is 60.3 cm³/mol. The van der Waals surface area contributed by atoms with Gasteiger partial charge in [0.15, 0.2) is 0 Å². The highest BCUT2D eigenvalue weighted by atomic mass is 16.6. The van der Waals surface area contributed by atoms with Crippen molar-refractivity contribution in [3.63, 3.8) is 0 Å². The average Bonchev–Trinajstić information content (AvgIpc) is 2.32. The quantitative estimate of drug-likeness (QED) is 0.666. The van der Waals surface area contributed by atoms with E-state index in [1.807, 2.05) is 0 Å². The zero-order chi connectivity index (χ0) is 10.5. The Morgan fingerprint density at radius 1 is 1.47 bits per heavy atom. The molecular weight excluding hydrogens is 190 g/mol. The van der Waals surface area contributed by atoms with Crippen LogP contribution in [0.1, 0.15) is 19.3 Å². The largest absolute Gasteiger partial charge is 0.317 e. The maximum Gasteiger partial charge on any atom is 0.0636 e. The molecule has 4 heteroatoms. The molecule has 1 saturated heterocycles. The number of piperidine rings is 1. The van der Waals surface area contributed by atoms with Gasteiger partial charge in [-0.15, -0.1) is 0 Å². The normalized spacial score (nSPS) is 25.0. The van der Waals surface area contributed by atoms with Crippen LogP contribution in [0.4, 0.5) is 0 Å². The molecule has 0 unspecified atom stereocenters. The van der Waals surface area contributed by atoms with E-state index in [-0.39, 0.29) is 0 Å². The lowest BCUT2D eigenvalue weighted by Gasteiger charge is -2.36. The van der Waals surface area contributed by atoms with Crippen LogP contribution in [0.15, 0.2) is 11.8 Å². The Morgan fingerprint density at radius 3 is 2.87 bits per heavy atom. The fourth-order valence-electron chi connectivity index (χ4n) is 2.41. The van der Waals surface area contributed by atoms with Gasteiger partial charge in [0.2, 0.25) is 0 Å². The van der Waals surface area contributed by atoms with E-state index in [9.17, 15) is 0 Å². The third kappa shape index (κ3) is 2.93. The third-order valence-corrected chi connectivity index (χ3v) is 3.30. The summed E-state index contributed by atoms with van der Waals surface area (Å²) in [6.45, 7) is 4.57. The molecule has 15 heavy (non-hydrogen) atoms. The first-order valence-corrected chi connectivity index (χ1v) is 5.83. The molecule has 0 radical (unpaired) electrons. The van der Waals surface area contributed by atoms with E-state index < -0.39 is 0 Å². The Labute approximate surface area is 91.6 Å². The van der Waals surface area contributed by atoms with E-state index >= 15 is 0 Å². The molecule has 4 nitrogen and oxygen atoms in total. The van der Waals surface area contributed by atoms with Gasteiger partial charge in [0.1, 0.15) is 0 Å². The van der Waals surface area contributed by atoms with Crippen LogP contribution in [-0.4, -0.2) is 44.2 Å². The molecule has 0 aromatic rings. The summed E-state index contributed by atoms with van der Waals surface area (Å²) >= 11 is 0. The van der Waals surface area contributed by atoms with Crippen LogP contribution in [0.2, 0.25) is 0 Å². The molecule has 0 aliphatic carbocycles. The van der Waals surface area contributed by atoms with Gasteiger partial charge in [-0.2, -0.15) is 0 Å². The molecule has 0 bridgehead atoms. The molecule has 0 spiro atoms. The summed E-state index contributed by atoms with van der Waals surface area (Å²) in [4.78, 5) is 7.50. The Balaban J connectivity index is 1.81. The van der Waals surface area contributed by atoms with E-state index in [2.05, 4.69) is 21.8 Å². The van der Waals surface area contributed by atoms with Gasteiger partial charge >= 0.3 is 0 Å². The second-order valence-corrected chi connectivity index (χ2v) is 4.26. The minimum absolute atomic E-state index is 0.784. The van der Waals surface area contributed by atoms with Crippen molar-refractivity contribution in [2.45, 2.75) is 25.3 Å². The first kappa shape index (κ1) is 10.9. The molecule has 2 N–H and O–H groups in total. The minimum atomic E-state index is 0.784. The Kier molecular flexibility index (Phi) is 4.00. The van der Waals surface area contributed by atoms with Crippen molar-refractivity contribution in [1.82, 2.24) is 15.7 Å². The lowest BCUT2D eigenvalue weighted by atomic mass is 10.0. The highest BCUT2D eigenvalue weighted by Crippen LogP contribution is 2.16. The first-order chi connectivity index (χ1) is 7.40. The van der Waals surface area contributed by atoms with Crippen LogP contribution in [0.5, 0.6) is 0 Å². The first-order valence-electron chi connectivity index (χ1n) is 5.83. The monoisotopic (exact) mass is 211 g/mol. The summed E-state index contributed by atoms with van der Waals surface area (Å²) in [7, 11) is 1.67. The molecule has 0 amide bonds. The molecule has 0 aromatic carbocycles. The summed E-state index contributed by atoms with van der Waals surface area (Å²) in [6.07, 6.45) is 5.91. The number of rotatable bonds is 3. The van der Waals surface area contributed by atoms with Gasteiger partial charge in [-0.1, -0.05) is 0 Å². The van der Waals surface area contributed by atoms with Crippen molar-refractivity contribution in [2.75, 3.05) is 33.3 Å². The van der Waals surface area contributed by atoms with Crippen molar-refractivity contribution < 1.29 is 4.84 Å². The SMILES string of the molecule is CONC1=CCN(C2CCNCC2)CC1. The van der Waals surface area contributed by atoms with Crippen LogP contribution in [0.3, 0.4) is 0 Å². The topological polar surface area (TPSA) is 36.5 Å². The van der Waals surface area contributed by atoms with Crippen molar-refractivity contribution in [1.29, 1.82) is 0 Å². The molecule has 2 aliphatic heterocycles. The van der Waals surface area contributed by atoms with Crippen molar-refractivity contribution >= 4 is 0 Å². The van der Waals surface area contributed by atoms with Crippen molar-refractivity contribution in [3.05, 3.63) is 11.8 Å². The maximum atomic E-state index is 4.92. The lowest BCUT2D eigenvalue weighted by Crippen LogP contribution is -2.45. The van der Waals surface area contributed by atoms with Crippen molar-refractivity contribution in [3.8, 4) is 0 Å². The summed E-state index contributed by atoms with van der Waals surface area (Å²) in [5, 5.41) is 3.41. The van der Waals surface area contributed by atoms with E-state index in [0.717, 1.165) is 25.6 Å². The molecule has 0 aromatic heterocycles. The van der Waals surface area contributed by atoms with Gasteiger partial charge in [-0.25, -0.2) is 0 Å². The van der Waals surface area contributed by atoms with Crippen LogP contribution in [-0.2, 0) is 4.84 Å². The van der Waals surface area contributed by atoms with E-state index in [1.54, 1.807) is 7.11 Å². The predicted octanol–water partition coefficient (Wildman–Crippen LogP) is 0.479. The number of hydroxylamine groups is 1. The summed E-state index contributed by atoms with van der Waals surface area (Å²) in [6, 6.07) is 0.784.